The molecular weight excluding hydrogens is 320 g/mol. The van der Waals surface area contributed by atoms with Crippen LogP contribution in [0.15, 0.2) is 62.2 Å². The third-order valence-electron chi connectivity index (χ3n) is 3.13. The maximum absolute atomic E-state index is 12.0. The molecule has 4 heteroatoms. The van der Waals surface area contributed by atoms with Crippen molar-refractivity contribution in [1.82, 2.24) is 0 Å². The summed E-state index contributed by atoms with van der Waals surface area (Å²) in [5, 5.41) is 1.41. The quantitative estimate of drug-likeness (QED) is 0.705. The molecule has 0 saturated heterocycles. The average Bonchev–Trinajstić information content (AvgIpc) is 2.51. The molecule has 0 spiro atoms. The molecule has 20 heavy (non-hydrogen) atoms. The van der Waals surface area contributed by atoms with Crippen LogP contribution in [0.25, 0.3) is 22.1 Å². The van der Waals surface area contributed by atoms with E-state index in [2.05, 4.69) is 15.9 Å². The van der Waals surface area contributed by atoms with Crippen LogP contribution in [0.1, 0.15) is 0 Å². The van der Waals surface area contributed by atoms with Gasteiger partial charge in [-0.3, -0.25) is 0 Å². The number of methoxy groups -OCH3 is 1. The van der Waals surface area contributed by atoms with E-state index in [0.717, 1.165) is 21.2 Å². The standard InChI is InChI=1S/C16H11BrO3/c1-19-11-8-6-10(7-9-11)15-14(17)12-4-2-3-5-13(12)16(18)20-15/h2-9H,1H3. The van der Waals surface area contributed by atoms with Crippen molar-refractivity contribution in [1.29, 1.82) is 0 Å². The molecule has 0 bridgehead atoms. The largest absolute Gasteiger partial charge is 0.497 e. The van der Waals surface area contributed by atoms with E-state index in [1.807, 2.05) is 42.5 Å². The van der Waals surface area contributed by atoms with Gasteiger partial charge in [0, 0.05) is 10.9 Å². The molecule has 0 atom stereocenters. The van der Waals surface area contributed by atoms with Gasteiger partial charge >= 0.3 is 5.63 Å². The fourth-order valence-electron chi connectivity index (χ4n) is 2.10. The molecule has 3 rings (SSSR count). The van der Waals surface area contributed by atoms with Crippen molar-refractivity contribution < 1.29 is 9.15 Å². The van der Waals surface area contributed by atoms with E-state index in [4.69, 9.17) is 9.15 Å². The summed E-state index contributed by atoms with van der Waals surface area (Å²) < 4.78 is 11.3. The van der Waals surface area contributed by atoms with Crippen molar-refractivity contribution in [3.63, 3.8) is 0 Å². The second kappa shape index (κ2) is 5.13. The van der Waals surface area contributed by atoms with Gasteiger partial charge in [0.05, 0.1) is 17.0 Å². The number of rotatable bonds is 2. The van der Waals surface area contributed by atoms with E-state index in [-0.39, 0.29) is 5.63 Å². The van der Waals surface area contributed by atoms with Crippen molar-refractivity contribution >= 4 is 26.7 Å². The number of hydrogen-bond acceptors (Lipinski definition) is 3. The Morgan fingerprint density at radius 1 is 1.00 bits per heavy atom. The van der Waals surface area contributed by atoms with Gasteiger partial charge < -0.3 is 9.15 Å². The predicted molar refractivity (Wildman–Crippen MR) is 82.2 cm³/mol. The van der Waals surface area contributed by atoms with Crippen LogP contribution in [0.2, 0.25) is 0 Å². The highest BCUT2D eigenvalue weighted by Crippen LogP contribution is 2.33. The Hall–Kier alpha value is -2.07. The van der Waals surface area contributed by atoms with Crippen LogP contribution in [0.5, 0.6) is 5.75 Å². The Labute approximate surface area is 123 Å². The molecule has 0 aliphatic heterocycles. The summed E-state index contributed by atoms with van der Waals surface area (Å²) in [6, 6.07) is 14.7. The first-order chi connectivity index (χ1) is 9.70. The smallest absolute Gasteiger partial charge is 0.344 e. The van der Waals surface area contributed by atoms with Gasteiger partial charge in [0.25, 0.3) is 0 Å². The molecule has 0 radical (unpaired) electrons. The fourth-order valence-corrected chi connectivity index (χ4v) is 2.75. The minimum Gasteiger partial charge on any atom is -0.497 e. The van der Waals surface area contributed by atoms with Crippen LogP contribution in [-0.2, 0) is 0 Å². The van der Waals surface area contributed by atoms with Crippen LogP contribution in [0.4, 0.5) is 0 Å². The van der Waals surface area contributed by atoms with Crippen LogP contribution < -0.4 is 10.4 Å². The van der Waals surface area contributed by atoms with Gasteiger partial charge in [-0.05, 0) is 46.3 Å². The van der Waals surface area contributed by atoms with E-state index in [0.29, 0.717) is 11.1 Å². The summed E-state index contributed by atoms with van der Waals surface area (Å²) in [6.45, 7) is 0. The lowest BCUT2D eigenvalue weighted by Crippen LogP contribution is -2.01. The lowest BCUT2D eigenvalue weighted by atomic mass is 10.1. The molecular formula is C16H11BrO3. The lowest BCUT2D eigenvalue weighted by molar-refractivity contribution is 0.415. The first-order valence-electron chi connectivity index (χ1n) is 6.06. The maximum Gasteiger partial charge on any atom is 0.344 e. The van der Waals surface area contributed by atoms with Gasteiger partial charge in [-0.25, -0.2) is 4.79 Å². The maximum atomic E-state index is 12.0. The Balaban J connectivity index is 2.25. The van der Waals surface area contributed by atoms with Crippen molar-refractivity contribution in [2.45, 2.75) is 0 Å². The summed E-state index contributed by atoms with van der Waals surface area (Å²) in [5.74, 6) is 1.28. The molecule has 0 aliphatic carbocycles. The molecule has 0 amide bonds. The van der Waals surface area contributed by atoms with Gasteiger partial charge in [-0.2, -0.15) is 0 Å². The van der Waals surface area contributed by atoms with Crippen LogP contribution >= 0.6 is 15.9 Å². The summed E-state index contributed by atoms with van der Waals surface area (Å²) in [5.41, 5.74) is 0.482. The highest BCUT2D eigenvalue weighted by atomic mass is 79.9. The van der Waals surface area contributed by atoms with Gasteiger partial charge in [0.2, 0.25) is 0 Å². The summed E-state index contributed by atoms with van der Waals surface area (Å²) in [7, 11) is 1.61. The van der Waals surface area contributed by atoms with Crippen molar-refractivity contribution in [3.05, 3.63) is 63.4 Å². The zero-order valence-electron chi connectivity index (χ0n) is 10.7. The Morgan fingerprint density at radius 2 is 1.65 bits per heavy atom. The van der Waals surface area contributed by atoms with E-state index < -0.39 is 0 Å². The molecule has 100 valence electrons. The summed E-state index contributed by atoms with van der Waals surface area (Å²) >= 11 is 3.52. The third-order valence-corrected chi connectivity index (χ3v) is 3.92. The predicted octanol–water partition coefficient (Wildman–Crippen LogP) is 4.23. The van der Waals surface area contributed by atoms with Crippen molar-refractivity contribution in [2.24, 2.45) is 0 Å². The second-order valence-electron chi connectivity index (χ2n) is 4.31. The van der Waals surface area contributed by atoms with Gasteiger partial charge in [-0.1, -0.05) is 18.2 Å². The Bertz CT molecular complexity index is 819. The third kappa shape index (κ3) is 2.12. The summed E-state index contributed by atoms with van der Waals surface area (Å²) in [6.07, 6.45) is 0. The monoisotopic (exact) mass is 330 g/mol. The highest BCUT2D eigenvalue weighted by Gasteiger charge is 2.13. The van der Waals surface area contributed by atoms with Crippen LogP contribution in [-0.4, -0.2) is 7.11 Å². The molecule has 1 heterocycles. The number of benzene rings is 2. The summed E-state index contributed by atoms with van der Waals surface area (Å²) in [4.78, 5) is 12.0. The topological polar surface area (TPSA) is 39.4 Å². The first kappa shape index (κ1) is 12.9. The highest BCUT2D eigenvalue weighted by molar-refractivity contribution is 9.10. The molecule has 2 aromatic carbocycles. The normalized spacial score (nSPS) is 10.7. The molecule has 1 aromatic heterocycles. The molecule has 0 aliphatic rings. The number of ether oxygens (including phenoxy) is 1. The lowest BCUT2D eigenvalue weighted by Gasteiger charge is -2.07. The minimum absolute atomic E-state index is 0.338. The van der Waals surface area contributed by atoms with E-state index in [9.17, 15) is 4.79 Å². The van der Waals surface area contributed by atoms with Gasteiger partial charge in [-0.15, -0.1) is 0 Å². The molecule has 3 aromatic rings. The van der Waals surface area contributed by atoms with E-state index in [1.54, 1.807) is 13.2 Å². The zero-order valence-corrected chi connectivity index (χ0v) is 12.3. The van der Waals surface area contributed by atoms with Gasteiger partial charge in [0.15, 0.2) is 5.76 Å². The van der Waals surface area contributed by atoms with Crippen LogP contribution in [0.3, 0.4) is 0 Å². The number of halogens is 1. The fraction of sp³-hybridized carbons (Fsp3) is 0.0625. The zero-order chi connectivity index (χ0) is 14.1. The number of fused-ring (bicyclic) bond motifs is 1. The second-order valence-corrected chi connectivity index (χ2v) is 5.10. The Kier molecular flexibility index (Phi) is 3.32. The minimum atomic E-state index is -0.338. The first-order valence-corrected chi connectivity index (χ1v) is 6.86. The molecule has 3 nitrogen and oxygen atoms in total. The van der Waals surface area contributed by atoms with Crippen molar-refractivity contribution in [2.75, 3.05) is 7.11 Å². The SMILES string of the molecule is COc1ccc(-c2oc(=O)c3ccccc3c2Br)cc1. The molecule has 0 fully saturated rings. The molecule has 0 saturated carbocycles. The van der Waals surface area contributed by atoms with Gasteiger partial charge in [0.1, 0.15) is 5.75 Å². The Morgan fingerprint density at radius 3 is 2.30 bits per heavy atom. The van der Waals surface area contributed by atoms with E-state index in [1.165, 1.54) is 0 Å². The molecule has 0 N–H and O–H groups in total. The van der Waals surface area contributed by atoms with E-state index >= 15 is 0 Å². The average molecular weight is 331 g/mol. The van der Waals surface area contributed by atoms with Crippen LogP contribution in [0, 0.1) is 0 Å². The number of hydrogen-bond donors (Lipinski definition) is 0. The van der Waals surface area contributed by atoms with Crippen molar-refractivity contribution in [3.8, 4) is 17.1 Å². The molecule has 0 unspecified atom stereocenters.